The highest BCUT2D eigenvalue weighted by Crippen LogP contribution is 2.36. The van der Waals surface area contributed by atoms with Crippen molar-refractivity contribution in [2.75, 3.05) is 5.75 Å². The molecular weight excluding hydrogens is 390 g/mol. The number of rotatable bonds is 5. The zero-order valence-corrected chi connectivity index (χ0v) is 15.2. The first-order valence-electron chi connectivity index (χ1n) is 6.21. The number of nitrogens with two attached hydrogens (primary N) is 1. The molecule has 0 unspecified atom stereocenters. The van der Waals surface area contributed by atoms with Crippen LogP contribution >= 0.6 is 51.5 Å². The van der Waals surface area contributed by atoms with E-state index >= 15 is 0 Å². The van der Waals surface area contributed by atoms with Crippen LogP contribution < -0.4 is 10.5 Å². The molecule has 6 heteroatoms. The molecule has 2 N–H and O–H groups in total. The van der Waals surface area contributed by atoms with E-state index in [0.717, 1.165) is 20.7 Å². The Morgan fingerprint density at radius 1 is 1.33 bits per heavy atom. The van der Waals surface area contributed by atoms with Crippen LogP contribution in [0.5, 0.6) is 11.5 Å². The number of thiocarbonyl (C=S) groups is 1. The third-order valence-electron chi connectivity index (χ3n) is 2.65. The lowest BCUT2D eigenvalue weighted by Crippen LogP contribution is -2.12. The topological polar surface area (TPSA) is 35.2 Å². The predicted molar refractivity (Wildman–Crippen MR) is 98.0 cm³/mol. The molecule has 2 rings (SSSR count). The van der Waals surface area contributed by atoms with Gasteiger partial charge in [-0.1, -0.05) is 52.7 Å². The number of ether oxygens (including phenoxy) is 1. The molecular formula is C15H13BrClNOS2. The molecule has 0 radical (unpaired) electrons. The molecule has 21 heavy (non-hydrogen) atoms. The molecule has 0 aliphatic rings. The van der Waals surface area contributed by atoms with Gasteiger partial charge in [-0.25, -0.2) is 0 Å². The Hall–Kier alpha value is -0.750. The monoisotopic (exact) mass is 401 g/mol. The SMILES string of the molecule is CCSc1cccc(Oc2cc(Br)ccc2Cl)c1C(N)=S. The third kappa shape index (κ3) is 4.13. The molecule has 2 nitrogen and oxygen atoms in total. The van der Waals surface area contributed by atoms with E-state index in [0.29, 0.717) is 21.5 Å². The van der Waals surface area contributed by atoms with E-state index in [1.807, 2.05) is 30.3 Å². The summed E-state index contributed by atoms with van der Waals surface area (Å²) in [5.41, 5.74) is 6.61. The van der Waals surface area contributed by atoms with E-state index < -0.39 is 0 Å². The van der Waals surface area contributed by atoms with Gasteiger partial charge < -0.3 is 10.5 Å². The zero-order chi connectivity index (χ0) is 15.4. The molecule has 0 aliphatic carbocycles. The van der Waals surface area contributed by atoms with Crippen LogP contribution in [0.3, 0.4) is 0 Å². The van der Waals surface area contributed by atoms with E-state index in [-0.39, 0.29) is 0 Å². The van der Waals surface area contributed by atoms with Crippen molar-refractivity contribution in [1.29, 1.82) is 0 Å². The zero-order valence-electron chi connectivity index (χ0n) is 11.2. The number of halogens is 2. The summed E-state index contributed by atoms with van der Waals surface area (Å²) in [5, 5.41) is 0.528. The summed E-state index contributed by atoms with van der Waals surface area (Å²) in [6.07, 6.45) is 0. The Kier molecular flexibility index (Phi) is 5.93. The lowest BCUT2D eigenvalue weighted by atomic mass is 10.2. The first-order chi connectivity index (χ1) is 10.0. The largest absolute Gasteiger partial charge is 0.455 e. The number of hydrogen-bond acceptors (Lipinski definition) is 3. The summed E-state index contributed by atoms with van der Waals surface area (Å²) >= 11 is 16.4. The van der Waals surface area contributed by atoms with Crippen molar-refractivity contribution >= 4 is 56.5 Å². The van der Waals surface area contributed by atoms with Gasteiger partial charge in [0.05, 0.1) is 10.6 Å². The quantitative estimate of drug-likeness (QED) is 0.518. The van der Waals surface area contributed by atoms with E-state index in [1.165, 1.54) is 0 Å². The number of benzene rings is 2. The van der Waals surface area contributed by atoms with Gasteiger partial charge in [0.1, 0.15) is 16.5 Å². The van der Waals surface area contributed by atoms with Gasteiger partial charge in [0.15, 0.2) is 0 Å². The average molecular weight is 403 g/mol. The van der Waals surface area contributed by atoms with Crippen LogP contribution in [-0.2, 0) is 0 Å². The lowest BCUT2D eigenvalue weighted by molar-refractivity contribution is 0.480. The molecule has 0 saturated carbocycles. The Bertz CT molecular complexity index is 679. The standard InChI is InChI=1S/C15H13BrClNOS2/c1-2-21-13-5-3-4-11(14(13)15(18)20)19-12-8-9(16)6-7-10(12)17/h3-8H,2H2,1H3,(H2,18,20). The fourth-order valence-corrected chi connectivity index (χ4v) is 3.40. The van der Waals surface area contributed by atoms with Crippen LogP contribution in [0.4, 0.5) is 0 Å². The molecule has 0 amide bonds. The fourth-order valence-electron chi connectivity index (χ4n) is 1.79. The summed E-state index contributed by atoms with van der Waals surface area (Å²) in [4.78, 5) is 1.32. The van der Waals surface area contributed by atoms with Gasteiger partial charge >= 0.3 is 0 Å². The highest BCUT2D eigenvalue weighted by atomic mass is 79.9. The molecule has 2 aromatic rings. The van der Waals surface area contributed by atoms with Crippen molar-refractivity contribution in [3.8, 4) is 11.5 Å². The average Bonchev–Trinajstić information content (AvgIpc) is 2.43. The minimum absolute atomic E-state index is 0.313. The second-order valence-corrected chi connectivity index (χ2v) is 7.17. The van der Waals surface area contributed by atoms with Gasteiger partial charge in [-0.3, -0.25) is 0 Å². The van der Waals surface area contributed by atoms with Gasteiger partial charge in [-0.05, 0) is 36.1 Å². The Balaban J connectivity index is 2.46. The van der Waals surface area contributed by atoms with Gasteiger partial charge in [-0.2, -0.15) is 0 Å². The molecule has 0 saturated heterocycles. The van der Waals surface area contributed by atoms with Crippen molar-refractivity contribution in [2.45, 2.75) is 11.8 Å². The summed E-state index contributed by atoms with van der Waals surface area (Å²) in [7, 11) is 0. The summed E-state index contributed by atoms with van der Waals surface area (Å²) in [5.74, 6) is 2.10. The molecule has 0 bridgehead atoms. The highest BCUT2D eigenvalue weighted by molar-refractivity contribution is 9.10. The molecule has 0 spiro atoms. The maximum absolute atomic E-state index is 6.16. The highest BCUT2D eigenvalue weighted by Gasteiger charge is 2.14. The minimum Gasteiger partial charge on any atom is -0.455 e. The molecule has 0 aromatic heterocycles. The molecule has 2 aromatic carbocycles. The van der Waals surface area contributed by atoms with Crippen LogP contribution in [0, 0.1) is 0 Å². The van der Waals surface area contributed by atoms with E-state index in [1.54, 1.807) is 17.8 Å². The van der Waals surface area contributed by atoms with Crippen molar-refractivity contribution in [1.82, 2.24) is 0 Å². The second-order valence-electron chi connectivity index (χ2n) is 4.10. The van der Waals surface area contributed by atoms with E-state index in [9.17, 15) is 0 Å². The van der Waals surface area contributed by atoms with Gasteiger partial charge in [0, 0.05) is 9.37 Å². The van der Waals surface area contributed by atoms with Crippen molar-refractivity contribution in [3.05, 3.63) is 51.5 Å². The second kappa shape index (κ2) is 7.49. The van der Waals surface area contributed by atoms with E-state index in [2.05, 4.69) is 22.9 Å². The maximum atomic E-state index is 6.16. The Morgan fingerprint density at radius 2 is 2.10 bits per heavy atom. The van der Waals surface area contributed by atoms with Crippen LogP contribution in [0.2, 0.25) is 5.02 Å². The lowest BCUT2D eigenvalue weighted by Gasteiger charge is -2.14. The van der Waals surface area contributed by atoms with Crippen LogP contribution in [-0.4, -0.2) is 10.7 Å². The van der Waals surface area contributed by atoms with Crippen LogP contribution in [0.15, 0.2) is 45.8 Å². The summed E-state index contributed by atoms with van der Waals surface area (Å²) in [6, 6.07) is 11.2. The van der Waals surface area contributed by atoms with Crippen molar-refractivity contribution < 1.29 is 4.74 Å². The normalized spacial score (nSPS) is 10.4. The molecule has 0 fully saturated rings. The van der Waals surface area contributed by atoms with Crippen LogP contribution in [0.25, 0.3) is 0 Å². The Labute approximate surface area is 147 Å². The Morgan fingerprint density at radius 3 is 2.76 bits per heavy atom. The number of thioether (sulfide) groups is 1. The van der Waals surface area contributed by atoms with Crippen molar-refractivity contribution in [2.24, 2.45) is 5.73 Å². The van der Waals surface area contributed by atoms with E-state index in [4.69, 9.17) is 34.3 Å². The summed E-state index contributed by atoms with van der Waals surface area (Å²) < 4.78 is 6.81. The first-order valence-corrected chi connectivity index (χ1v) is 8.78. The van der Waals surface area contributed by atoms with Gasteiger partial charge in [-0.15, -0.1) is 11.8 Å². The molecule has 0 heterocycles. The molecule has 0 aliphatic heterocycles. The van der Waals surface area contributed by atoms with Crippen LogP contribution in [0.1, 0.15) is 12.5 Å². The number of hydrogen-bond donors (Lipinski definition) is 1. The predicted octanol–water partition coefficient (Wildman–Crippen LogP) is 5.64. The first kappa shape index (κ1) is 16.6. The smallest absolute Gasteiger partial charge is 0.147 e. The third-order valence-corrected chi connectivity index (χ3v) is 4.60. The summed E-state index contributed by atoms with van der Waals surface area (Å²) in [6.45, 7) is 2.08. The molecule has 110 valence electrons. The molecule has 0 atom stereocenters. The van der Waals surface area contributed by atoms with Crippen molar-refractivity contribution in [3.63, 3.8) is 0 Å². The fraction of sp³-hybridized carbons (Fsp3) is 0.133. The minimum atomic E-state index is 0.313. The van der Waals surface area contributed by atoms with Gasteiger partial charge in [0.2, 0.25) is 0 Å². The van der Waals surface area contributed by atoms with Gasteiger partial charge in [0.25, 0.3) is 0 Å². The maximum Gasteiger partial charge on any atom is 0.147 e.